The van der Waals surface area contributed by atoms with Crippen LogP contribution in [0.1, 0.15) is 34.6 Å². The van der Waals surface area contributed by atoms with Gasteiger partial charge in [-0.25, -0.2) is 0 Å². The Hall–Kier alpha value is -1.87. The Morgan fingerprint density at radius 2 is 2.09 bits per heavy atom. The summed E-state index contributed by atoms with van der Waals surface area (Å²) >= 11 is 1.72. The number of carbonyl (C=O) groups is 1. The van der Waals surface area contributed by atoms with Crippen molar-refractivity contribution < 1.29 is 4.79 Å². The first-order valence-corrected chi connectivity index (χ1v) is 9.13. The van der Waals surface area contributed by atoms with Crippen molar-refractivity contribution >= 4 is 23.3 Å². The summed E-state index contributed by atoms with van der Waals surface area (Å²) in [5, 5.41) is 0. The maximum Gasteiger partial charge on any atom is 0.246 e. The highest BCUT2D eigenvalue weighted by Gasteiger charge is 2.26. The highest BCUT2D eigenvalue weighted by Crippen LogP contribution is 2.23. The number of hydrogen-bond donors (Lipinski definition) is 0. The van der Waals surface area contributed by atoms with E-state index >= 15 is 0 Å². The molecule has 1 atom stereocenters. The molecule has 2 heterocycles. The number of thiophene rings is 1. The first kappa shape index (κ1) is 16.0. The largest absolute Gasteiger partial charge is 0.336 e. The third-order valence-corrected chi connectivity index (χ3v) is 5.39. The topological polar surface area (TPSA) is 20.3 Å². The average molecular weight is 325 g/mol. The Labute approximate surface area is 142 Å². The minimum atomic E-state index is 0.159. The molecule has 1 aromatic heterocycles. The molecule has 0 aliphatic carbocycles. The summed E-state index contributed by atoms with van der Waals surface area (Å²) < 4.78 is 0. The van der Waals surface area contributed by atoms with E-state index in [-0.39, 0.29) is 5.91 Å². The van der Waals surface area contributed by atoms with E-state index in [0.29, 0.717) is 6.04 Å². The second kappa shape index (κ2) is 7.60. The molecule has 1 amide bonds. The fourth-order valence-corrected chi connectivity index (χ4v) is 3.98. The van der Waals surface area contributed by atoms with Crippen LogP contribution < -0.4 is 0 Å². The van der Waals surface area contributed by atoms with Crippen LogP contribution in [-0.2, 0) is 11.2 Å². The Balaban J connectivity index is 1.57. The zero-order valence-corrected chi connectivity index (χ0v) is 14.4. The lowest BCUT2D eigenvalue weighted by Gasteiger charge is -2.23. The highest BCUT2D eigenvalue weighted by molar-refractivity contribution is 7.12. The normalized spacial score (nSPS) is 18.0. The van der Waals surface area contributed by atoms with E-state index < -0.39 is 0 Å². The van der Waals surface area contributed by atoms with E-state index in [1.54, 1.807) is 17.4 Å². The monoisotopic (exact) mass is 325 g/mol. The Morgan fingerprint density at radius 1 is 1.26 bits per heavy atom. The van der Waals surface area contributed by atoms with Crippen molar-refractivity contribution in [1.29, 1.82) is 0 Å². The van der Waals surface area contributed by atoms with Gasteiger partial charge in [-0.15, -0.1) is 11.3 Å². The van der Waals surface area contributed by atoms with Gasteiger partial charge in [-0.3, -0.25) is 4.79 Å². The number of likely N-dealkylation sites (tertiary alicyclic amines) is 1. The maximum atomic E-state index is 12.5. The van der Waals surface area contributed by atoms with Crippen LogP contribution in [0, 0.1) is 6.92 Å². The van der Waals surface area contributed by atoms with Crippen LogP contribution >= 0.6 is 11.3 Å². The van der Waals surface area contributed by atoms with Gasteiger partial charge in [-0.05, 0) is 56.4 Å². The predicted octanol–water partition coefficient (Wildman–Crippen LogP) is 4.69. The van der Waals surface area contributed by atoms with Gasteiger partial charge in [0.1, 0.15) is 0 Å². The molecule has 1 saturated heterocycles. The Morgan fingerprint density at radius 3 is 2.83 bits per heavy atom. The molecule has 0 saturated carbocycles. The van der Waals surface area contributed by atoms with Gasteiger partial charge >= 0.3 is 0 Å². The molecule has 120 valence electrons. The van der Waals surface area contributed by atoms with Gasteiger partial charge in [-0.1, -0.05) is 30.3 Å². The second-order valence-electron chi connectivity index (χ2n) is 6.13. The third-order valence-electron chi connectivity index (χ3n) is 4.42. The van der Waals surface area contributed by atoms with Gasteiger partial charge in [0.05, 0.1) is 0 Å². The number of benzene rings is 1. The molecule has 23 heavy (non-hydrogen) atoms. The number of rotatable bonds is 5. The molecule has 3 rings (SSSR count). The molecular weight excluding hydrogens is 302 g/mol. The van der Waals surface area contributed by atoms with Crippen LogP contribution in [0.25, 0.3) is 6.08 Å². The summed E-state index contributed by atoms with van der Waals surface area (Å²) in [5.74, 6) is 0.159. The van der Waals surface area contributed by atoms with Gasteiger partial charge in [0, 0.05) is 28.4 Å². The van der Waals surface area contributed by atoms with Gasteiger partial charge in [-0.2, -0.15) is 0 Å². The summed E-state index contributed by atoms with van der Waals surface area (Å²) in [6.45, 7) is 2.98. The average Bonchev–Trinajstić information content (AvgIpc) is 3.20. The zero-order valence-electron chi connectivity index (χ0n) is 13.6. The van der Waals surface area contributed by atoms with Gasteiger partial charge in [0.15, 0.2) is 0 Å². The van der Waals surface area contributed by atoms with Crippen molar-refractivity contribution in [2.45, 2.75) is 38.6 Å². The van der Waals surface area contributed by atoms with Crippen LogP contribution in [0.2, 0.25) is 0 Å². The van der Waals surface area contributed by atoms with Crippen molar-refractivity contribution in [2.75, 3.05) is 6.54 Å². The molecule has 0 N–H and O–H groups in total. The summed E-state index contributed by atoms with van der Waals surface area (Å²) in [7, 11) is 0. The molecule has 2 nitrogen and oxygen atoms in total. The summed E-state index contributed by atoms with van der Waals surface area (Å²) in [6.07, 6.45) is 8.05. The molecule has 1 aliphatic heterocycles. The van der Waals surface area contributed by atoms with Crippen LogP contribution in [0.5, 0.6) is 0 Å². The fraction of sp³-hybridized carbons (Fsp3) is 0.350. The minimum Gasteiger partial charge on any atom is -0.336 e. The van der Waals surface area contributed by atoms with E-state index in [0.717, 1.165) is 37.1 Å². The summed E-state index contributed by atoms with van der Waals surface area (Å²) in [5.41, 5.74) is 1.36. The van der Waals surface area contributed by atoms with Crippen molar-refractivity contribution in [2.24, 2.45) is 0 Å². The Bertz CT molecular complexity index is 674. The third kappa shape index (κ3) is 4.32. The molecule has 0 radical (unpaired) electrons. The molecule has 0 unspecified atom stereocenters. The van der Waals surface area contributed by atoms with E-state index in [4.69, 9.17) is 0 Å². The smallest absolute Gasteiger partial charge is 0.246 e. The van der Waals surface area contributed by atoms with Gasteiger partial charge in [0.2, 0.25) is 5.91 Å². The van der Waals surface area contributed by atoms with Crippen LogP contribution in [-0.4, -0.2) is 23.4 Å². The second-order valence-corrected chi connectivity index (χ2v) is 7.45. The summed E-state index contributed by atoms with van der Waals surface area (Å²) in [6, 6.07) is 15.1. The lowest BCUT2D eigenvalue weighted by Crippen LogP contribution is -2.34. The van der Waals surface area contributed by atoms with E-state index in [9.17, 15) is 4.79 Å². The van der Waals surface area contributed by atoms with Crippen LogP contribution in [0.3, 0.4) is 0 Å². The lowest BCUT2D eigenvalue weighted by atomic mass is 10.0. The molecule has 1 fully saturated rings. The van der Waals surface area contributed by atoms with Gasteiger partial charge in [0.25, 0.3) is 0 Å². The molecule has 1 aliphatic rings. The molecular formula is C20H23NOS. The highest BCUT2D eigenvalue weighted by atomic mass is 32.1. The zero-order chi connectivity index (χ0) is 16.1. The number of aryl methyl sites for hydroxylation is 2. The van der Waals surface area contributed by atoms with Crippen LogP contribution in [0.15, 0.2) is 48.5 Å². The first-order valence-electron chi connectivity index (χ1n) is 8.31. The van der Waals surface area contributed by atoms with Crippen LogP contribution in [0.4, 0.5) is 0 Å². The number of hydrogen-bond acceptors (Lipinski definition) is 2. The van der Waals surface area contributed by atoms with Crippen molar-refractivity contribution in [3.8, 4) is 0 Å². The lowest BCUT2D eigenvalue weighted by molar-refractivity contribution is -0.126. The van der Waals surface area contributed by atoms with E-state index in [1.807, 2.05) is 12.1 Å². The number of carbonyl (C=O) groups excluding carboxylic acids is 1. The number of amides is 1. The van der Waals surface area contributed by atoms with Crippen molar-refractivity contribution in [3.63, 3.8) is 0 Å². The molecule has 0 bridgehead atoms. The van der Waals surface area contributed by atoms with Crippen molar-refractivity contribution in [1.82, 2.24) is 4.90 Å². The van der Waals surface area contributed by atoms with Crippen molar-refractivity contribution in [3.05, 3.63) is 63.9 Å². The maximum absolute atomic E-state index is 12.5. The molecule has 1 aromatic carbocycles. The van der Waals surface area contributed by atoms with Gasteiger partial charge < -0.3 is 4.90 Å². The number of nitrogens with zero attached hydrogens (tertiary/aromatic N) is 1. The fourth-order valence-electron chi connectivity index (χ4n) is 3.20. The predicted molar refractivity (Wildman–Crippen MR) is 97.6 cm³/mol. The minimum absolute atomic E-state index is 0.159. The SMILES string of the molecule is Cc1ccc(/C=C/C(=O)N2CCC[C@H]2CCc2ccccc2)s1. The molecule has 0 spiro atoms. The standard InChI is InChI=1S/C20H23NOS/c1-16-9-12-19(23-16)13-14-20(22)21-15-5-8-18(21)11-10-17-6-3-2-4-7-17/h2-4,6-7,9,12-14,18H,5,8,10-11,15H2,1H3/b14-13+/t18-/m0/s1. The first-order chi connectivity index (χ1) is 11.2. The quantitative estimate of drug-likeness (QED) is 0.730. The molecule has 2 aromatic rings. The Kier molecular flexibility index (Phi) is 5.29. The van der Waals surface area contributed by atoms with E-state index in [2.05, 4.69) is 48.2 Å². The van der Waals surface area contributed by atoms with E-state index in [1.165, 1.54) is 10.4 Å². The molecule has 3 heteroatoms. The summed E-state index contributed by atoms with van der Waals surface area (Å²) in [4.78, 5) is 17.0.